The second-order valence-electron chi connectivity index (χ2n) is 9.95. The summed E-state index contributed by atoms with van der Waals surface area (Å²) in [4.78, 5) is 30.1. The molecule has 6 rings (SSSR count). The SMILES string of the molecule is CCOc1ccccc1N1C(=O)C23CC=CCC2(CC(=C(c2ccccc2)c2ccccc2)C3)C1=O. The van der Waals surface area contributed by atoms with Gasteiger partial charge in [-0.15, -0.1) is 0 Å². The van der Waals surface area contributed by atoms with Crippen molar-refractivity contribution in [3.63, 3.8) is 0 Å². The number of anilines is 1. The van der Waals surface area contributed by atoms with Gasteiger partial charge in [-0.1, -0.05) is 90.5 Å². The molecule has 180 valence electrons. The van der Waals surface area contributed by atoms with Crippen molar-refractivity contribution < 1.29 is 14.3 Å². The summed E-state index contributed by atoms with van der Waals surface area (Å²) < 4.78 is 5.82. The van der Waals surface area contributed by atoms with Gasteiger partial charge in [-0.25, -0.2) is 4.90 Å². The van der Waals surface area contributed by atoms with Gasteiger partial charge in [0.15, 0.2) is 0 Å². The van der Waals surface area contributed by atoms with Gasteiger partial charge in [0.05, 0.1) is 23.1 Å². The van der Waals surface area contributed by atoms with Crippen LogP contribution in [0.4, 0.5) is 5.69 Å². The van der Waals surface area contributed by atoms with E-state index in [-0.39, 0.29) is 11.8 Å². The first kappa shape index (κ1) is 22.5. The maximum Gasteiger partial charge on any atom is 0.241 e. The van der Waals surface area contributed by atoms with E-state index in [2.05, 4.69) is 36.4 Å². The molecule has 4 nitrogen and oxygen atoms in total. The molecule has 4 heteroatoms. The van der Waals surface area contributed by atoms with Crippen LogP contribution in [-0.2, 0) is 9.59 Å². The van der Waals surface area contributed by atoms with Crippen molar-refractivity contribution in [3.8, 4) is 5.75 Å². The molecule has 3 aliphatic rings. The molecule has 1 saturated carbocycles. The van der Waals surface area contributed by atoms with E-state index in [1.165, 1.54) is 10.5 Å². The normalized spacial score (nSPS) is 24.6. The zero-order valence-electron chi connectivity index (χ0n) is 20.4. The average Bonchev–Trinajstić information content (AvgIpc) is 3.36. The average molecular weight is 476 g/mol. The van der Waals surface area contributed by atoms with Crippen molar-refractivity contribution in [3.05, 3.63) is 114 Å². The molecule has 1 saturated heterocycles. The Morgan fingerprint density at radius 1 is 0.750 bits per heavy atom. The molecule has 2 fully saturated rings. The molecule has 1 aliphatic heterocycles. The third kappa shape index (κ3) is 3.13. The van der Waals surface area contributed by atoms with Crippen LogP contribution in [0.25, 0.3) is 5.57 Å². The molecule has 36 heavy (non-hydrogen) atoms. The number of rotatable bonds is 5. The second kappa shape index (κ2) is 8.63. The van der Waals surface area contributed by atoms with Crippen LogP contribution in [0.1, 0.15) is 43.7 Å². The monoisotopic (exact) mass is 475 g/mol. The molecule has 0 aromatic heterocycles. The summed E-state index contributed by atoms with van der Waals surface area (Å²) in [5.41, 5.74) is 3.58. The van der Waals surface area contributed by atoms with E-state index in [0.29, 0.717) is 43.7 Å². The van der Waals surface area contributed by atoms with Crippen LogP contribution in [0.3, 0.4) is 0 Å². The quantitative estimate of drug-likeness (QED) is 0.309. The Bertz CT molecular complexity index is 1310. The number of allylic oxidation sites excluding steroid dienone is 3. The van der Waals surface area contributed by atoms with Crippen molar-refractivity contribution in [2.24, 2.45) is 10.8 Å². The van der Waals surface area contributed by atoms with Gasteiger partial charge in [0.1, 0.15) is 5.75 Å². The first-order valence-electron chi connectivity index (χ1n) is 12.7. The predicted octanol–water partition coefficient (Wildman–Crippen LogP) is 6.58. The van der Waals surface area contributed by atoms with Crippen molar-refractivity contribution in [2.75, 3.05) is 11.5 Å². The number of nitrogens with zero attached hydrogens (tertiary/aromatic N) is 1. The highest BCUT2D eigenvalue weighted by Gasteiger charge is 2.72. The van der Waals surface area contributed by atoms with Gasteiger partial charge in [-0.05, 0) is 61.4 Å². The lowest BCUT2D eigenvalue weighted by Gasteiger charge is -2.36. The number of carbonyl (C=O) groups excluding carboxylic acids is 2. The molecule has 3 aromatic carbocycles. The van der Waals surface area contributed by atoms with Gasteiger partial charge in [0, 0.05) is 0 Å². The number of imide groups is 1. The lowest BCUT2D eigenvalue weighted by Crippen LogP contribution is -2.41. The number of para-hydroxylation sites is 2. The van der Waals surface area contributed by atoms with Crippen LogP contribution in [0.15, 0.2) is 103 Å². The Balaban J connectivity index is 1.52. The number of carbonyl (C=O) groups is 2. The van der Waals surface area contributed by atoms with Crippen molar-refractivity contribution in [2.45, 2.75) is 32.6 Å². The fraction of sp³-hybridized carbons (Fsp3) is 0.250. The summed E-state index contributed by atoms with van der Waals surface area (Å²) in [6, 6.07) is 28.1. The molecular formula is C32H29NO3. The molecule has 2 amide bonds. The van der Waals surface area contributed by atoms with Gasteiger partial charge in [0.25, 0.3) is 0 Å². The molecule has 2 atom stereocenters. The van der Waals surface area contributed by atoms with E-state index in [0.717, 1.165) is 16.7 Å². The summed E-state index contributed by atoms with van der Waals surface area (Å²) in [6.07, 6.45) is 6.49. The highest BCUT2D eigenvalue weighted by molar-refractivity contribution is 6.27. The molecule has 3 aromatic rings. The van der Waals surface area contributed by atoms with E-state index in [9.17, 15) is 9.59 Å². The highest BCUT2D eigenvalue weighted by Crippen LogP contribution is 2.67. The molecule has 2 unspecified atom stereocenters. The van der Waals surface area contributed by atoms with Crippen molar-refractivity contribution >= 4 is 23.1 Å². The van der Waals surface area contributed by atoms with Crippen LogP contribution in [-0.4, -0.2) is 18.4 Å². The summed E-state index contributed by atoms with van der Waals surface area (Å²) >= 11 is 0. The minimum Gasteiger partial charge on any atom is -0.492 e. The van der Waals surface area contributed by atoms with Gasteiger partial charge in [0.2, 0.25) is 11.8 Å². The minimum atomic E-state index is -0.775. The first-order valence-corrected chi connectivity index (χ1v) is 12.7. The molecule has 0 N–H and O–H groups in total. The van der Waals surface area contributed by atoms with Crippen LogP contribution >= 0.6 is 0 Å². The van der Waals surface area contributed by atoms with Crippen LogP contribution < -0.4 is 9.64 Å². The highest BCUT2D eigenvalue weighted by atomic mass is 16.5. The standard InChI is InChI=1S/C32H29NO3/c1-2-36-27-18-10-9-17-26(27)33-29(34)31-19-11-12-20-32(31,30(33)35)22-25(21-31)28(23-13-5-3-6-14-23)24-15-7-4-8-16-24/h3-18H,2,19-22H2,1H3. The fourth-order valence-electron chi connectivity index (χ4n) is 6.59. The molecule has 0 bridgehead atoms. The van der Waals surface area contributed by atoms with Crippen molar-refractivity contribution in [1.29, 1.82) is 0 Å². The van der Waals surface area contributed by atoms with E-state index in [1.54, 1.807) is 0 Å². The van der Waals surface area contributed by atoms with E-state index in [4.69, 9.17) is 4.74 Å². The Morgan fingerprint density at radius 2 is 1.25 bits per heavy atom. The van der Waals surface area contributed by atoms with Gasteiger partial charge in [-0.3, -0.25) is 9.59 Å². The molecule has 2 aliphatic carbocycles. The van der Waals surface area contributed by atoms with E-state index < -0.39 is 10.8 Å². The molecule has 1 heterocycles. The van der Waals surface area contributed by atoms with Crippen LogP contribution in [0.5, 0.6) is 5.75 Å². The van der Waals surface area contributed by atoms with Gasteiger partial charge >= 0.3 is 0 Å². The smallest absolute Gasteiger partial charge is 0.241 e. The maximum atomic E-state index is 14.3. The Kier molecular flexibility index (Phi) is 5.40. The number of ether oxygens (including phenoxy) is 1. The van der Waals surface area contributed by atoms with Crippen LogP contribution in [0, 0.1) is 10.8 Å². The topological polar surface area (TPSA) is 46.6 Å². The Morgan fingerprint density at radius 3 is 1.78 bits per heavy atom. The third-order valence-corrected chi connectivity index (χ3v) is 8.16. The molecule has 0 spiro atoms. The summed E-state index contributed by atoms with van der Waals surface area (Å²) in [5.74, 6) is 0.378. The number of hydrogen-bond donors (Lipinski definition) is 0. The van der Waals surface area contributed by atoms with Crippen LogP contribution in [0.2, 0.25) is 0 Å². The Labute approximate surface area is 211 Å². The minimum absolute atomic E-state index is 0.0977. The second-order valence-corrected chi connectivity index (χ2v) is 9.95. The summed E-state index contributed by atoms with van der Waals surface area (Å²) in [5, 5.41) is 0. The molecular weight excluding hydrogens is 446 g/mol. The largest absolute Gasteiger partial charge is 0.492 e. The summed E-state index contributed by atoms with van der Waals surface area (Å²) in [7, 11) is 0. The van der Waals surface area contributed by atoms with E-state index in [1.807, 2.05) is 67.6 Å². The number of amides is 2. The predicted molar refractivity (Wildman–Crippen MR) is 141 cm³/mol. The lowest BCUT2D eigenvalue weighted by atomic mass is 9.61. The van der Waals surface area contributed by atoms with Gasteiger partial charge < -0.3 is 4.74 Å². The fourth-order valence-corrected chi connectivity index (χ4v) is 6.59. The lowest BCUT2D eigenvalue weighted by molar-refractivity contribution is -0.132. The zero-order chi connectivity index (χ0) is 24.8. The number of benzene rings is 3. The Hall–Kier alpha value is -3.92. The van der Waals surface area contributed by atoms with E-state index >= 15 is 0 Å². The van der Waals surface area contributed by atoms with Crippen molar-refractivity contribution in [1.82, 2.24) is 0 Å². The first-order chi connectivity index (χ1) is 17.6. The van der Waals surface area contributed by atoms with Gasteiger partial charge in [-0.2, -0.15) is 0 Å². The third-order valence-electron chi connectivity index (χ3n) is 8.16. The molecule has 0 radical (unpaired) electrons. The zero-order valence-corrected chi connectivity index (χ0v) is 20.4. The maximum absolute atomic E-state index is 14.3. The summed E-state index contributed by atoms with van der Waals surface area (Å²) in [6.45, 7) is 2.38. The number of hydrogen-bond acceptors (Lipinski definition) is 3.